The number of carbonyl (C=O) groups is 2. The molecule has 0 aromatic carbocycles. The van der Waals surface area contributed by atoms with Gasteiger partial charge in [-0.15, -0.1) is 11.3 Å². The first-order valence-electron chi connectivity index (χ1n) is 6.44. The van der Waals surface area contributed by atoms with E-state index < -0.39 is 18.1 Å². The van der Waals surface area contributed by atoms with Crippen LogP contribution in [-0.2, 0) is 11.2 Å². The fraction of sp³-hybridized carbons (Fsp3) is 0.538. The predicted molar refractivity (Wildman–Crippen MR) is 74.8 cm³/mol. The number of rotatable bonds is 4. The number of likely N-dealkylation sites (tertiary alicyclic amines) is 1. The molecule has 0 saturated carbocycles. The number of urea groups is 1. The Balaban J connectivity index is 1.93. The van der Waals surface area contributed by atoms with E-state index in [9.17, 15) is 14.7 Å². The number of carboxylic acid groups (broad SMARTS) is 1. The van der Waals surface area contributed by atoms with Gasteiger partial charge in [-0.05, 0) is 17.9 Å². The van der Waals surface area contributed by atoms with Gasteiger partial charge in [-0.3, -0.25) is 0 Å². The molecule has 110 valence electrons. The standard InChI is InChI=1S/C13H18N2O4S/c1-14(5-4-10-3-2-6-20-10)13(19)15-8-9(16)7-11(15)12(17)18/h2-3,6,9,11,16H,4-5,7-8H2,1H3,(H,17,18)/t9-,11+/m1/s1. The van der Waals surface area contributed by atoms with Crippen molar-refractivity contribution >= 4 is 23.3 Å². The molecule has 1 aromatic heterocycles. The number of carbonyl (C=O) groups excluding carboxylic acids is 1. The van der Waals surface area contributed by atoms with Crippen LogP contribution in [0.15, 0.2) is 17.5 Å². The molecule has 6 nitrogen and oxygen atoms in total. The topological polar surface area (TPSA) is 81.1 Å². The van der Waals surface area contributed by atoms with Crippen molar-refractivity contribution in [2.24, 2.45) is 0 Å². The van der Waals surface area contributed by atoms with E-state index in [-0.39, 0.29) is 19.0 Å². The van der Waals surface area contributed by atoms with Gasteiger partial charge in [-0.2, -0.15) is 0 Å². The quantitative estimate of drug-likeness (QED) is 0.864. The van der Waals surface area contributed by atoms with Crippen molar-refractivity contribution in [2.45, 2.75) is 25.0 Å². The summed E-state index contributed by atoms with van der Waals surface area (Å²) in [7, 11) is 1.65. The minimum Gasteiger partial charge on any atom is -0.480 e. The normalized spacial score (nSPS) is 22.0. The lowest BCUT2D eigenvalue weighted by Crippen LogP contribution is -2.47. The minimum atomic E-state index is -1.07. The summed E-state index contributed by atoms with van der Waals surface area (Å²) in [5, 5.41) is 20.6. The van der Waals surface area contributed by atoms with Crippen LogP contribution in [0.3, 0.4) is 0 Å². The van der Waals surface area contributed by atoms with E-state index in [1.54, 1.807) is 18.4 Å². The molecule has 2 rings (SSSR count). The number of likely N-dealkylation sites (N-methyl/N-ethyl adjacent to an activating group) is 1. The first-order chi connectivity index (χ1) is 9.49. The Hall–Kier alpha value is -1.60. The number of aliphatic hydroxyl groups excluding tert-OH is 1. The number of thiophene rings is 1. The number of β-amino-alcohol motifs (C(OH)–C–C–N with tert-alkyl or cyclic N) is 1. The van der Waals surface area contributed by atoms with Crippen LogP contribution in [-0.4, -0.2) is 64.3 Å². The van der Waals surface area contributed by atoms with Crippen LogP contribution in [0.4, 0.5) is 4.79 Å². The fourth-order valence-corrected chi connectivity index (χ4v) is 3.01. The first kappa shape index (κ1) is 14.8. The Morgan fingerprint density at radius 3 is 2.90 bits per heavy atom. The average molecular weight is 298 g/mol. The highest BCUT2D eigenvalue weighted by molar-refractivity contribution is 7.09. The first-order valence-corrected chi connectivity index (χ1v) is 7.32. The maximum atomic E-state index is 12.2. The van der Waals surface area contributed by atoms with Crippen LogP contribution in [0.5, 0.6) is 0 Å². The Morgan fingerprint density at radius 1 is 1.55 bits per heavy atom. The summed E-state index contributed by atoms with van der Waals surface area (Å²) in [5.41, 5.74) is 0. The second-order valence-corrected chi connectivity index (χ2v) is 5.96. The molecule has 0 radical (unpaired) electrons. The molecule has 2 N–H and O–H groups in total. The number of amides is 2. The summed E-state index contributed by atoms with van der Waals surface area (Å²) in [5.74, 6) is -1.07. The van der Waals surface area contributed by atoms with E-state index in [2.05, 4.69) is 0 Å². The van der Waals surface area contributed by atoms with Crippen molar-refractivity contribution in [1.82, 2.24) is 9.80 Å². The third-order valence-corrected chi connectivity index (χ3v) is 4.35. The van der Waals surface area contributed by atoms with Gasteiger partial charge in [0.15, 0.2) is 0 Å². The van der Waals surface area contributed by atoms with Crippen molar-refractivity contribution in [3.05, 3.63) is 22.4 Å². The average Bonchev–Trinajstić information content (AvgIpc) is 3.03. The van der Waals surface area contributed by atoms with Crippen molar-refractivity contribution in [2.75, 3.05) is 20.1 Å². The van der Waals surface area contributed by atoms with E-state index in [0.717, 1.165) is 6.42 Å². The van der Waals surface area contributed by atoms with Crippen molar-refractivity contribution < 1.29 is 19.8 Å². The molecule has 1 fully saturated rings. The van der Waals surface area contributed by atoms with Gasteiger partial charge in [0, 0.05) is 31.4 Å². The smallest absolute Gasteiger partial charge is 0.326 e. The molecule has 7 heteroatoms. The highest BCUT2D eigenvalue weighted by Crippen LogP contribution is 2.20. The van der Waals surface area contributed by atoms with Crippen LogP contribution < -0.4 is 0 Å². The molecule has 0 unspecified atom stereocenters. The molecule has 20 heavy (non-hydrogen) atoms. The maximum absolute atomic E-state index is 12.2. The van der Waals surface area contributed by atoms with Gasteiger partial charge in [0.2, 0.25) is 0 Å². The van der Waals surface area contributed by atoms with Gasteiger partial charge < -0.3 is 20.0 Å². The van der Waals surface area contributed by atoms with E-state index in [1.165, 1.54) is 14.7 Å². The zero-order valence-corrected chi connectivity index (χ0v) is 12.0. The zero-order chi connectivity index (χ0) is 14.7. The summed E-state index contributed by atoms with van der Waals surface area (Å²) in [6.07, 6.45) is 0.0826. The van der Waals surface area contributed by atoms with Crippen LogP contribution >= 0.6 is 11.3 Å². The van der Waals surface area contributed by atoms with Crippen molar-refractivity contribution in [1.29, 1.82) is 0 Å². The number of nitrogens with zero attached hydrogens (tertiary/aromatic N) is 2. The molecule has 2 heterocycles. The Bertz CT molecular complexity index is 477. The number of hydrogen-bond donors (Lipinski definition) is 2. The van der Waals surface area contributed by atoms with E-state index >= 15 is 0 Å². The highest BCUT2D eigenvalue weighted by atomic mass is 32.1. The van der Waals surface area contributed by atoms with Crippen molar-refractivity contribution in [3.8, 4) is 0 Å². The third kappa shape index (κ3) is 3.29. The monoisotopic (exact) mass is 298 g/mol. The van der Waals surface area contributed by atoms with Gasteiger partial charge in [-0.1, -0.05) is 6.07 Å². The maximum Gasteiger partial charge on any atom is 0.326 e. The minimum absolute atomic E-state index is 0.0825. The van der Waals surface area contributed by atoms with Gasteiger partial charge in [0.05, 0.1) is 6.10 Å². The highest BCUT2D eigenvalue weighted by Gasteiger charge is 2.39. The molecule has 2 atom stereocenters. The Kier molecular flexibility index (Phi) is 4.61. The van der Waals surface area contributed by atoms with Crippen LogP contribution in [0.1, 0.15) is 11.3 Å². The molecule has 1 aliphatic rings. The molecular formula is C13H18N2O4S. The fourth-order valence-electron chi connectivity index (χ4n) is 2.31. The zero-order valence-electron chi connectivity index (χ0n) is 11.2. The summed E-state index contributed by atoms with van der Waals surface area (Å²) in [6.45, 7) is 0.609. The van der Waals surface area contributed by atoms with E-state index in [0.29, 0.717) is 6.54 Å². The number of hydrogen-bond acceptors (Lipinski definition) is 4. The van der Waals surface area contributed by atoms with Crippen LogP contribution in [0.2, 0.25) is 0 Å². The molecule has 1 aliphatic heterocycles. The molecule has 0 spiro atoms. The largest absolute Gasteiger partial charge is 0.480 e. The van der Waals surface area contributed by atoms with Gasteiger partial charge >= 0.3 is 12.0 Å². The molecular weight excluding hydrogens is 280 g/mol. The molecule has 0 bridgehead atoms. The molecule has 1 aromatic rings. The van der Waals surface area contributed by atoms with Crippen molar-refractivity contribution in [3.63, 3.8) is 0 Å². The lowest BCUT2D eigenvalue weighted by Gasteiger charge is -2.27. The third-order valence-electron chi connectivity index (χ3n) is 3.41. The molecule has 0 aliphatic carbocycles. The summed E-state index contributed by atoms with van der Waals surface area (Å²) < 4.78 is 0. The predicted octanol–water partition coefficient (Wildman–Crippen LogP) is 0.862. The SMILES string of the molecule is CN(CCc1cccs1)C(=O)N1C[C@H](O)C[C@H]1C(=O)O. The second kappa shape index (κ2) is 6.23. The Morgan fingerprint density at radius 2 is 2.30 bits per heavy atom. The van der Waals surface area contributed by atoms with E-state index in [4.69, 9.17) is 5.11 Å². The van der Waals surface area contributed by atoms with Crippen LogP contribution in [0, 0.1) is 0 Å². The molecule has 2 amide bonds. The lowest BCUT2D eigenvalue weighted by atomic mass is 10.2. The summed E-state index contributed by atoms with van der Waals surface area (Å²) in [6, 6.07) is 2.69. The van der Waals surface area contributed by atoms with E-state index in [1.807, 2.05) is 17.5 Å². The molecule has 1 saturated heterocycles. The second-order valence-electron chi connectivity index (χ2n) is 4.93. The lowest BCUT2D eigenvalue weighted by molar-refractivity contribution is -0.141. The van der Waals surface area contributed by atoms with Gasteiger partial charge in [0.1, 0.15) is 6.04 Å². The van der Waals surface area contributed by atoms with Gasteiger partial charge in [-0.25, -0.2) is 9.59 Å². The summed E-state index contributed by atoms with van der Waals surface area (Å²) in [4.78, 5) is 27.3. The number of aliphatic carboxylic acids is 1. The summed E-state index contributed by atoms with van der Waals surface area (Å²) >= 11 is 1.63. The Labute approximate surface area is 121 Å². The van der Waals surface area contributed by atoms with Crippen LogP contribution in [0.25, 0.3) is 0 Å². The number of carboxylic acids is 1. The van der Waals surface area contributed by atoms with Gasteiger partial charge in [0.25, 0.3) is 0 Å². The number of aliphatic hydroxyl groups is 1.